The molecule has 2 aliphatic rings. The highest BCUT2D eigenvalue weighted by Gasteiger charge is 2.36. The normalized spacial score (nSPS) is 23.2. The molecule has 4 rings (SSSR count). The van der Waals surface area contributed by atoms with Crippen molar-refractivity contribution in [1.29, 1.82) is 0 Å². The van der Waals surface area contributed by atoms with E-state index >= 15 is 0 Å². The first-order chi connectivity index (χ1) is 15.3. The monoisotopic (exact) mass is 459 g/mol. The number of nitrogens with zero attached hydrogens (tertiary/aromatic N) is 3. The molecule has 0 N–H and O–H groups in total. The van der Waals surface area contributed by atoms with Crippen LogP contribution in [0.4, 0.5) is 11.4 Å². The minimum Gasteiger partial charge on any atom is -0.373 e. The molecule has 0 radical (unpaired) electrons. The molecule has 9 heteroatoms. The molecule has 0 aromatic heterocycles. The van der Waals surface area contributed by atoms with Gasteiger partial charge in [0.2, 0.25) is 10.0 Å². The Bertz CT molecular complexity index is 1060. The molecule has 32 heavy (non-hydrogen) atoms. The average molecular weight is 460 g/mol. The minimum absolute atomic E-state index is 0.00570. The second-order valence-corrected chi connectivity index (χ2v) is 10.6. The zero-order chi connectivity index (χ0) is 22.9. The number of hydrogen-bond acceptors (Lipinski definition) is 6. The van der Waals surface area contributed by atoms with Crippen LogP contribution in [0.15, 0.2) is 53.4 Å². The largest absolute Gasteiger partial charge is 0.373 e. The minimum atomic E-state index is -3.92. The summed E-state index contributed by atoms with van der Waals surface area (Å²) in [7, 11) is -3.92. The van der Waals surface area contributed by atoms with Crippen molar-refractivity contribution in [2.24, 2.45) is 0 Å². The quantitative estimate of drug-likeness (QED) is 0.499. The lowest BCUT2D eigenvalue weighted by atomic mass is 9.89. The summed E-state index contributed by atoms with van der Waals surface area (Å²) in [5.74, 6) is 0.423. The lowest BCUT2D eigenvalue weighted by Crippen LogP contribution is -2.48. The van der Waals surface area contributed by atoms with E-state index in [4.69, 9.17) is 4.74 Å². The van der Waals surface area contributed by atoms with Crippen molar-refractivity contribution < 1.29 is 18.1 Å². The van der Waals surface area contributed by atoms with E-state index < -0.39 is 14.9 Å². The fraction of sp³-hybridized carbons (Fsp3) is 0.478. The number of anilines is 1. The van der Waals surface area contributed by atoms with Crippen LogP contribution >= 0.6 is 0 Å². The van der Waals surface area contributed by atoms with E-state index in [9.17, 15) is 18.5 Å². The molecule has 0 amide bonds. The second kappa shape index (κ2) is 9.17. The van der Waals surface area contributed by atoms with Crippen molar-refractivity contribution in [3.05, 3.63) is 64.2 Å². The molecular weight excluding hydrogens is 430 g/mol. The van der Waals surface area contributed by atoms with Gasteiger partial charge in [-0.2, -0.15) is 4.31 Å². The second-order valence-electron chi connectivity index (χ2n) is 8.66. The summed E-state index contributed by atoms with van der Waals surface area (Å²) in [5, 5.41) is 11.4. The molecule has 0 aliphatic carbocycles. The summed E-state index contributed by atoms with van der Waals surface area (Å²) in [6, 6.07) is 14.5. The van der Waals surface area contributed by atoms with E-state index in [2.05, 4.69) is 12.1 Å². The molecule has 2 aromatic carbocycles. The molecule has 2 atom stereocenters. The first kappa shape index (κ1) is 22.7. The molecule has 8 nitrogen and oxygen atoms in total. The van der Waals surface area contributed by atoms with Gasteiger partial charge in [0.15, 0.2) is 0 Å². The maximum absolute atomic E-state index is 13.6. The lowest BCUT2D eigenvalue weighted by molar-refractivity contribution is -0.385. The van der Waals surface area contributed by atoms with Gasteiger partial charge in [0.05, 0.1) is 22.8 Å². The number of nitro benzene ring substituents is 1. The third kappa shape index (κ3) is 4.65. The molecule has 2 unspecified atom stereocenters. The van der Waals surface area contributed by atoms with Gasteiger partial charge in [-0.15, -0.1) is 0 Å². The van der Waals surface area contributed by atoms with Gasteiger partial charge in [-0.05, 0) is 44.2 Å². The molecular formula is C23H29N3O5S. The van der Waals surface area contributed by atoms with Crippen molar-refractivity contribution in [2.75, 3.05) is 31.1 Å². The maximum Gasteiger partial charge on any atom is 0.270 e. The zero-order valence-electron chi connectivity index (χ0n) is 18.4. The van der Waals surface area contributed by atoms with E-state index in [0.29, 0.717) is 24.7 Å². The molecule has 0 spiro atoms. The van der Waals surface area contributed by atoms with Gasteiger partial charge in [-0.1, -0.05) is 30.3 Å². The summed E-state index contributed by atoms with van der Waals surface area (Å²) < 4.78 is 34.3. The molecule has 0 saturated carbocycles. The SMILES string of the molecule is CC1CN(S(=O)(=O)c2cc([N+](=O)[O-])ccc2N2CCC(c3ccccc3)CC2)CC(C)O1. The number of non-ortho nitro benzene ring substituents is 1. The first-order valence-corrected chi connectivity index (χ1v) is 12.4. The van der Waals surface area contributed by atoms with Crippen molar-refractivity contribution in [1.82, 2.24) is 4.31 Å². The fourth-order valence-corrected chi connectivity index (χ4v) is 6.55. The number of rotatable bonds is 5. The topological polar surface area (TPSA) is 93.0 Å². The molecule has 2 aliphatic heterocycles. The first-order valence-electron chi connectivity index (χ1n) is 11.0. The molecule has 2 saturated heterocycles. The smallest absolute Gasteiger partial charge is 0.270 e. The number of sulfonamides is 1. The van der Waals surface area contributed by atoms with E-state index in [1.807, 2.05) is 36.9 Å². The van der Waals surface area contributed by atoms with Gasteiger partial charge in [0.1, 0.15) is 4.90 Å². The summed E-state index contributed by atoms with van der Waals surface area (Å²) in [4.78, 5) is 12.9. The van der Waals surface area contributed by atoms with Gasteiger partial charge >= 0.3 is 0 Å². The van der Waals surface area contributed by atoms with E-state index in [0.717, 1.165) is 12.8 Å². The average Bonchev–Trinajstić information content (AvgIpc) is 2.78. The van der Waals surface area contributed by atoms with Crippen molar-refractivity contribution in [3.63, 3.8) is 0 Å². The van der Waals surface area contributed by atoms with Crippen LogP contribution in [0.25, 0.3) is 0 Å². The van der Waals surface area contributed by atoms with Crippen LogP contribution in [0.2, 0.25) is 0 Å². The van der Waals surface area contributed by atoms with Gasteiger partial charge in [-0.3, -0.25) is 10.1 Å². The number of ether oxygens (including phenoxy) is 1. The number of nitro groups is 1. The van der Waals surface area contributed by atoms with Crippen LogP contribution in [-0.2, 0) is 14.8 Å². The summed E-state index contributed by atoms with van der Waals surface area (Å²) in [6.45, 7) is 5.50. The van der Waals surface area contributed by atoms with Gasteiger partial charge in [0, 0.05) is 38.3 Å². The maximum atomic E-state index is 13.6. The van der Waals surface area contributed by atoms with E-state index in [1.54, 1.807) is 6.07 Å². The molecule has 0 bridgehead atoms. The van der Waals surface area contributed by atoms with Crippen molar-refractivity contribution in [3.8, 4) is 0 Å². The van der Waals surface area contributed by atoms with Crippen LogP contribution in [0.1, 0.15) is 38.2 Å². The van der Waals surface area contributed by atoms with Crippen LogP contribution in [0.5, 0.6) is 0 Å². The highest BCUT2D eigenvalue weighted by atomic mass is 32.2. The Morgan fingerprint density at radius 2 is 1.62 bits per heavy atom. The van der Waals surface area contributed by atoms with Gasteiger partial charge in [-0.25, -0.2) is 8.42 Å². The summed E-state index contributed by atoms with van der Waals surface area (Å²) in [5.41, 5.74) is 1.61. The van der Waals surface area contributed by atoms with Crippen LogP contribution < -0.4 is 4.90 Å². The van der Waals surface area contributed by atoms with Gasteiger partial charge < -0.3 is 9.64 Å². The van der Waals surface area contributed by atoms with Crippen molar-refractivity contribution in [2.45, 2.75) is 49.7 Å². The Morgan fingerprint density at radius 1 is 1.00 bits per heavy atom. The molecule has 172 valence electrons. The zero-order valence-corrected chi connectivity index (χ0v) is 19.2. The third-order valence-corrected chi connectivity index (χ3v) is 8.13. The Balaban J connectivity index is 1.64. The Kier molecular flexibility index (Phi) is 6.50. The fourth-order valence-electron chi connectivity index (χ4n) is 4.73. The van der Waals surface area contributed by atoms with E-state index in [1.165, 1.54) is 22.0 Å². The molecule has 2 aromatic rings. The lowest BCUT2D eigenvalue weighted by Gasteiger charge is -2.37. The molecule has 2 fully saturated rings. The standard InChI is InChI=1S/C23H29N3O5S/c1-17-15-25(16-18(2)31-17)32(29,30)23-14-21(26(27)28)8-9-22(23)24-12-10-20(11-13-24)19-6-4-3-5-7-19/h3-9,14,17-18,20H,10-13,15-16H2,1-2H3. The Hall–Kier alpha value is -2.49. The predicted octanol–water partition coefficient (Wildman–Crippen LogP) is 3.78. The number of piperidine rings is 1. The number of benzene rings is 2. The molecule has 2 heterocycles. The third-order valence-electron chi connectivity index (χ3n) is 6.26. The predicted molar refractivity (Wildman–Crippen MR) is 122 cm³/mol. The summed E-state index contributed by atoms with van der Waals surface area (Å²) in [6.07, 6.45) is 1.31. The van der Waals surface area contributed by atoms with Crippen LogP contribution in [-0.4, -0.2) is 56.0 Å². The Morgan fingerprint density at radius 3 is 2.22 bits per heavy atom. The Labute approximate surface area is 189 Å². The summed E-state index contributed by atoms with van der Waals surface area (Å²) >= 11 is 0. The van der Waals surface area contributed by atoms with Crippen LogP contribution in [0, 0.1) is 10.1 Å². The van der Waals surface area contributed by atoms with Crippen LogP contribution in [0.3, 0.4) is 0 Å². The van der Waals surface area contributed by atoms with Crippen molar-refractivity contribution >= 4 is 21.4 Å². The number of hydrogen-bond donors (Lipinski definition) is 0. The van der Waals surface area contributed by atoms with Gasteiger partial charge in [0.25, 0.3) is 5.69 Å². The number of morpholine rings is 1. The highest BCUT2D eigenvalue weighted by molar-refractivity contribution is 7.89. The highest BCUT2D eigenvalue weighted by Crippen LogP contribution is 2.36. The van der Waals surface area contributed by atoms with E-state index in [-0.39, 0.29) is 35.9 Å².